The van der Waals surface area contributed by atoms with Crippen LogP contribution in [0, 0.1) is 0 Å². The monoisotopic (exact) mass is 435 g/mol. The summed E-state index contributed by atoms with van der Waals surface area (Å²) in [5, 5.41) is 9.01. The third-order valence-corrected chi connectivity index (χ3v) is 5.55. The molecule has 158 valence electrons. The van der Waals surface area contributed by atoms with Crippen molar-refractivity contribution in [1.29, 1.82) is 0 Å². The molecular weight excluding hydrogens is 414 g/mol. The second-order valence-corrected chi connectivity index (χ2v) is 7.70. The van der Waals surface area contributed by atoms with E-state index in [0.717, 1.165) is 5.56 Å². The first-order valence-corrected chi connectivity index (χ1v) is 10.5. The number of hydrogen-bond donors (Lipinski definition) is 1. The van der Waals surface area contributed by atoms with E-state index < -0.39 is 6.04 Å². The smallest absolute Gasteiger partial charge is 0.262 e. The molecule has 0 unspecified atom stereocenters. The van der Waals surface area contributed by atoms with Gasteiger partial charge in [-0.1, -0.05) is 41.6 Å². The highest BCUT2D eigenvalue weighted by Gasteiger charge is 2.23. The lowest BCUT2D eigenvalue weighted by Gasteiger charge is -2.14. The van der Waals surface area contributed by atoms with E-state index in [9.17, 15) is 4.79 Å². The fraction of sp³-hybridized carbons (Fsp3) is 0.174. The third kappa shape index (κ3) is 4.92. The average molecular weight is 436 g/mol. The predicted molar refractivity (Wildman–Crippen MR) is 118 cm³/mol. The summed E-state index contributed by atoms with van der Waals surface area (Å²) in [7, 11) is 3.16. The van der Waals surface area contributed by atoms with Crippen molar-refractivity contribution in [3.8, 4) is 22.9 Å². The summed E-state index contributed by atoms with van der Waals surface area (Å²) < 4.78 is 16.2. The highest BCUT2D eigenvalue weighted by atomic mass is 32.1. The van der Waals surface area contributed by atoms with Crippen molar-refractivity contribution in [2.24, 2.45) is 0 Å². The molecule has 2 aromatic heterocycles. The van der Waals surface area contributed by atoms with Crippen LogP contribution in [-0.2, 0) is 6.42 Å². The molecule has 2 aromatic carbocycles. The standard InChI is InChI=1S/C23H21N3O4S/c1-28-17-12-16(13-18(14-17)29-2)21-25-23(30-26-21)19(11-15-7-4-3-5-8-15)24-22(27)20-9-6-10-31-20/h3-10,12-14,19H,11H2,1-2H3,(H,24,27)/t19-/m1/s1. The first kappa shape index (κ1) is 20.6. The van der Waals surface area contributed by atoms with Crippen LogP contribution in [0.15, 0.2) is 70.6 Å². The Hall–Kier alpha value is -3.65. The van der Waals surface area contributed by atoms with Gasteiger partial charge >= 0.3 is 0 Å². The number of nitrogens with zero attached hydrogens (tertiary/aromatic N) is 2. The van der Waals surface area contributed by atoms with E-state index in [-0.39, 0.29) is 5.91 Å². The molecule has 0 spiro atoms. The summed E-state index contributed by atoms with van der Waals surface area (Å²) in [4.78, 5) is 17.9. The van der Waals surface area contributed by atoms with E-state index in [1.807, 2.05) is 41.8 Å². The number of methoxy groups -OCH3 is 2. The van der Waals surface area contributed by atoms with Crippen LogP contribution in [0.2, 0.25) is 0 Å². The van der Waals surface area contributed by atoms with Crippen molar-refractivity contribution in [2.45, 2.75) is 12.5 Å². The number of carbonyl (C=O) groups is 1. The van der Waals surface area contributed by atoms with Gasteiger partial charge in [0.15, 0.2) is 0 Å². The fourth-order valence-corrected chi connectivity index (χ4v) is 3.74. The number of aromatic nitrogens is 2. The Balaban J connectivity index is 1.64. The van der Waals surface area contributed by atoms with Crippen LogP contribution in [0.4, 0.5) is 0 Å². The van der Waals surface area contributed by atoms with Crippen LogP contribution in [0.25, 0.3) is 11.4 Å². The van der Waals surface area contributed by atoms with Gasteiger partial charge in [-0.15, -0.1) is 11.3 Å². The Morgan fingerprint density at radius 2 is 1.81 bits per heavy atom. The second kappa shape index (κ2) is 9.44. The Bertz CT molecular complexity index is 1120. The lowest BCUT2D eigenvalue weighted by molar-refractivity contribution is 0.0932. The number of rotatable bonds is 8. The van der Waals surface area contributed by atoms with Gasteiger partial charge in [0.25, 0.3) is 5.91 Å². The molecule has 0 aliphatic rings. The normalized spacial score (nSPS) is 11.7. The molecule has 0 saturated carbocycles. The molecule has 0 aliphatic carbocycles. The zero-order valence-electron chi connectivity index (χ0n) is 17.1. The van der Waals surface area contributed by atoms with Gasteiger partial charge in [0.05, 0.1) is 19.1 Å². The molecule has 2 heterocycles. The van der Waals surface area contributed by atoms with Crippen molar-refractivity contribution in [3.05, 3.63) is 82.4 Å². The zero-order valence-corrected chi connectivity index (χ0v) is 17.9. The van der Waals surface area contributed by atoms with Crippen molar-refractivity contribution < 1.29 is 18.8 Å². The van der Waals surface area contributed by atoms with Gasteiger partial charge in [0, 0.05) is 18.1 Å². The van der Waals surface area contributed by atoms with E-state index in [2.05, 4.69) is 15.5 Å². The molecule has 0 aliphatic heterocycles. The van der Waals surface area contributed by atoms with Crippen LogP contribution in [0.3, 0.4) is 0 Å². The Morgan fingerprint density at radius 3 is 2.45 bits per heavy atom. The van der Waals surface area contributed by atoms with Crippen LogP contribution < -0.4 is 14.8 Å². The number of hydrogen-bond acceptors (Lipinski definition) is 7. The minimum atomic E-state index is -0.481. The molecule has 1 atom stereocenters. The molecule has 4 aromatic rings. The quantitative estimate of drug-likeness (QED) is 0.438. The largest absolute Gasteiger partial charge is 0.497 e. The number of thiophene rings is 1. The van der Waals surface area contributed by atoms with Gasteiger partial charge in [-0.05, 0) is 29.1 Å². The number of nitrogens with one attached hydrogen (secondary N) is 1. The first-order valence-electron chi connectivity index (χ1n) is 9.61. The van der Waals surface area contributed by atoms with Gasteiger partial charge in [-0.25, -0.2) is 0 Å². The first-order chi connectivity index (χ1) is 15.2. The fourth-order valence-electron chi connectivity index (χ4n) is 3.12. The lowest BCUT2D eigenvalue weighted by atomic mass is 10.1. The molecule has 0 fully saturated rings. The summed E-state index contributed by atoms with van der Waals surface area (Å²) in [5.41, 5.74) is 1.73. The number of benzene rings is 2. The Morgan fingerprint density at radius 1 is 1.06 bits per heavy atom. The van der Waals surface area contributed by atoms with Gasteiger partial charge in [-0.3, -0.25) is 4.79 Å². The number of carbonyl (C=O) groups excluding carboxylic acids is 1. The summed E-state index contributed by atoms with van der Waals surface area (Å²) in [6.07, 6.45) is 0.515. The van der Waals surface area contributed by atoms with E-state index in [4.69, 9.17) is 14.0 Å². The van der Waals surface area contributed by atoms with E-state index >= 15 is 0 Å². The molecule has 1 amide bonds. The highest BCUT2D eigenvalue weighted by Crippen LogP contribution is 2.29. The summed E-state index contributed by atoms with van der Waals surface area (Å²) >= 11 is 1.38. The summed E-state index contributed by atoms with van der Waals surface area (Å²) in [6.45, 7) is 0. The number of ether oxygens (including phenoxy) is 2. The molecule has 31 heavy (non-hydrogen) atoms. The van der Waals surface area contributed by atoms with Gasteiger partial charge in [0.1, 0.15) is 17.5 Å². The molecular formula is C23H21N3O4S. The maximum Gasteiger partial charge on any atom is 0.262 e. The minimum Gasteiger partial charge on any atom is -0.497 e. The highest BCUT2D eigenvalue weighted by molar-refractivity contribution is 7.12. The molecule has 0 bridgehead atoms. The number of amides is 1. The third-order valence-electron chi connectivity index (χ3n) is 4.68. The average Bonchev–Trinajstić information content (AvgIpc) is 3.51. The van der Waals surface area contributed by atoms with Gasteiger partial charge in [-0.2, -0.15) is 4.98 Å². The second-order valence-electron chi connectivity index (χ2n) is 6.75. The maximum absolute atomic E-state index is 12.7. The summed E-state index contributed by atoms with van der Waals surface area (Å²) in [6, 6.07) is 18.3. The summed E-state index contributed by atoms with van der Waals surface area (Å²) in [5.74, 6) is 1.76. The Labute approximate surface area is 183 Å². The molecule has 4 rings (SSSR count). The molecule has 1 N–H and O–H groups in total. The molecule has 7 nitrogen and oxygen atoms in total. The lowest BCUT2D eigenvalue weighted by Crippen LogP contribution is -2.29. The molecule has 8 heteroatoms. The zero-order chi connectivity index (χ0) is 21.6. The topological polar surface area (TPSA) is 86.5 Å². The molecule has 0 radical (unpaired) electrons. The van der Waals surface area contributed by atoms with E-state index in [1.54, 1.807) is 38.5 Å². The minimum absolute atomic E-state index is 0.182. The van der Waals surface area contributed by atoms with Crippen LogP contribution in [0.1, 0.15) is 27.2 Å². The van der Waals surface area contributed by atoms with Crippen molar-refractivity contribution in [2.75, 3.05) is 14.2 Å². The van der Waals surface area contributed by atoms with Crippen molar-refractivity contribution >= 4 is 17.2 Å². The van der Waals surface area contributed by atoms with Crippen molar-refractivity contribution in [1.82, 2.24) is 15.5 Å². The van der Waals surface area contributed by atoms with E-state index in [0.29, 0.717) is 40.1 Å². The Kier molecular flexibility index (Phi) is 6.28. The SMILES string of the molecule is COc1cc(OC)cc(-c2noc([C@@H](Cc3ccccc3)NC(=O)c3cccs3)n2)c1. The van der Waals surface area contributed by atoms with Crippen LogP contribution >= 0.6 is 11.3 Å². The van der Waals surface area contributed by atoms with Crippen LogP contribution in [-0.4, -0.2) is 30.3 Å². The van der Waals surface area contributed by atoms with Crippen molar-refractivity contribution in [3.63, 3.8) is 0 Å². The molecule has 0 saturated heterocycles. The maximum atomic E-state index is 12.7. The van der Waals surface area contributed by atoms with Gasteiger partial charge in [0.2, 0.25) is 11.7 Å². The predicted octanol–water partition coefficient (Wildman–Crippen LogP) is 4.53. The van der Waals surface area contributed by atoms with Crippen LogP contribution in [0.5, 0.6) is 11.5 Å². The van der Waals surface area contributed by atoms with Gasteiger partial charge < -0.3 is 19.3 Å². The van der Waals surface area contributed by atoms with E-state index in [1.165, 1.54) is 11.3 Å².